The summed E-state index contributed by atoms with van der Waals surface area (Å²) in [6.45, 7) is 7.97. The van der Waals surface area contributed by atoms with Crippen LogP contribution in [0, 0.1) is 34.5 Å². The maximum Gasteiger partial charge on any atom is 0.166 e. The van der Waals surface area contributed by atoms with Gasteiger partial charge in [0.15, 0.2) is 12.1 Å². The van der Waals surface area contributed by atoms with Gasteiger partial charge in [-0.3, -0.25) is 9.59 Å². The molecule has 2 N–H and O–H groups in total. The molecule has 0 aromatic heterocycles. The number of hydrogen-bond donors (Lipinski definition) is 2. The second-order valence-corrected chi connectivity index (χ2v) is 12.7. The van der Waals surface area contributed by atoms with Crippen molar-refractivity contribution in [2.45, 2.75) is 109 Å². The lowest BCUT2D eigenvalue weighted by molar-refractivity contribution is -0.275. The summed E-state index contributed by atoms with van der Waals surface area (Å²) in [6, 6.07) is 0. The number of Topliss-reactive ketones (excluding diaryl/α,β-unsaturated/α-hetero) is 2. The highest BCUT2D eigenvalue weighted by molar-refractivity contribution is 5.96. The van der Waals surface area contributed by atoms with Crippen molar-refractivity contribution < 1.29 is 38.7 Å². The third kappa shape index (κ3) is 3.27. The molecule has 6 aliphatic rings. The number of carbonyl (C=O) groups excluding carboxylic acids is 2. The second kappa shape index (κ2) is 8.42. The molecule has 3 unspecified atom stereocenters. The maximum absolute atomic E-state index is 14.1. The number of allylic oxidation sites excluding steroid dienone is 1. The summed E-state index contributed by atoms with van der Waals surface area (Å²) in [6.07, 6.45) is 0.620. The fraction of sp³-hybridized carbons (Fsp3) is 0.857. The van der Waals surface area contributed by atoms with Crippen LogP contribution in [0.1, 0.15) is 59.8 Å². The molecule has 200 valence electrons. The van der Waals surface area contributed by atoms with Crippen molar-refractivity contribution in [1.82, 2.24) is 0 Å². The fourth-order valence-corrected chi connectivity index (χ4v) is 9.19. The highest BCUT2D eigenvalue weighted by Gasteiger charge is 2.72. The molecule has 14 atom stereocenters. The van der Waals surface area contributed by atoms with Gasteiger partial charge in [-0.2, -0.15) is 0 Å². The zero-order valence-corrected chi connectivity index (χ0v) is 21.9. The van der Waals surface area contributed by atoms with E-state index in [1.54, 1.807) is 14.0 Å². The standard InChI is InChI=1S/C28H40O8/c1-12-16-9-17(29)22-15-7-6-14-8-19(36-21-10-20(33-5)24(31)13(2)34-21)18(30)11-27(14,3)23(15)25(32)26(35-12)28(16,22)4/h6,12-13,15-16,18-24,26,30-31H,7-11H2,1-5H3/t12-,13-,15+,16?,18+,19-,20-,21+,22+,23?,24+,26+,27+,28?/m1/s1. The Labute approximate surface area is 212 Å². The highest BCUT2D eigenvalue weighted by Crippen LogP contribution is 2.67. The number of ether oxygens (including phenoxy) is 4. The van der Waals surface area contributed by atoms with E-state index in [0.717, 1.165) is 5.57 Å². The van der Waals surface area contributed by atoms with Crippen LogP contribution in [0.3, 0.4) is 0 Å². The van der Waals surface area contributed by atoms with E-state index in [4.69, 9.17) is 18.9 Å². The van der Waals surface area contributed by atoms with Gasteiger partial charge in [-0.05, 0) is 39.0 Å². The van der Waals surface area contributed by atoms with Gasteiger partial charge in [0.05, 0.1) is 30.5 Å². The Morgan fingerprint density at radius 3 is 2.50 bits per heavy atom. The molecule has 0 radical (unpaired) electrons. The Morgan fingerprint density at radius 1 is 1.03 bits per heavy atom. The van der Waals surface area contributed by atoms with Crippen LogP contribution < -0.4 is 0 Å². The number of fused-ring (bicyclic) bond motifs is 4. The van der Waals surface area contributed by atoms with Gasteiger partial charge in [-0.25, -0.2) is 0 Å². The lowest BCUT2D eigenvalue weighted by Crippen LogP contribution is -2.62. The smallest absolute Gasteiger partial charge is 0.166 e. The predicted molar refractivity (Wildman–Crippen MR) is 128 cm³/mol. The summed E-state index contributed by atoms with van der Waals surface area (Å²) in [4.78, 5) is 27.4. The van der Waals surface area contributed by atoms with Gasteiger partial charge >= 0.3 is 0 Å². The van der Waals surface area contributed by atoms with Gasteiger partial charge < -0.3 is 29.2 Å². The van der Waals surface area contributed by atoms with Gasteiger partial charge in [-0.15, -0.1) is 0 Å². The molecule has 2 heterocycles. The quantitative estimate of drug-likeness (QED) is 0.563. The van der Waals surface area contributed by atoms with E-state index in [9.17, 15) is 19.8 Å². The van der Waals surface area contributed by atoms with Crippen LogP contribution in [0.15, 0.2) is 11.6 Å². The number of rotatable bonds is 3. The SMILES string of the molecule is CO[C@@H]1C[C@H](O[C@@H]2CC3=CC[C@@H]4C(C(=O)[C@@H]5O[C@H](C)C6CC(=O)[C@H]4C65C)[C@@]3(C)C[C@@H]2O)O[C@H](C)[C@@H]1O. The molecule has 6 rings (SSSR count). The van der Waals surface area contributed by atoms with Crippen LogP contribution in [0.2, 0.25) is 0 Å². The van der Waals surface area contributed by atoms with Crippen LogP contribution >= 0.6 is 0 Å². The van der Waals surface area contributed by atoms with Crippen molar-refractivity contribution in [2.24, 2.45) is 34.5 Å². The zero-order valence-electron chi connectivity index (χ0n) is 21.9. The van der Waals surface area contributed by atoms with E-state index in [1.807, 2.05) is 6.92 Å². The minimum absolute atomic E-state index is 0.0463. The van der Waals surface area contributed by atoms with Crippen molar-refractivity contribution in [1.29, 1.82) is 0 Å². The van der Waals surface area contributed by atoms with Gasteiger partial charge in [0.2, 0.25) is 0 Å². The molecule has 5 fully saturated rings. The predicted octanol–water partition coefficient (Wildman–Crippen LogP) is 2.19. The minimum atomic E-state index is -0.783. The Bertz CT molecular complexity index is 979. The number of aliphatic hydroxyl groups is 2. The monoisotopic (exact) mass is 504 g/mol. The molecule has 0 amide bonds. The van der Waals surface area contributed by atoms with E-state index < -0.39 is 53.7 Å². The average Bonchev–Trinajstić information content (AvgIpc) is 3.23. The summed E-state index contributed by atoms with van der Waals surface area (Å²) in [5, 5.41) is 21.6. The van der Waals surface area contributed by atoms with E-state index >= 15 is 0 Å². The molecule has 4 aliphatic carbocycles. The summed E-state index contributed by atoms with van der Waals surface area (Å²) in [5.74, 6) is -0.0656. The molecule has 36 heavy (non-hydrogen) atoms. The Balaban J connectivity index is 1.26. The molecular formula is C28H40O8. The largest absolute Gasteiger partial charge is 0.390 e. The lowest BCUT2D eigenvalue weighted by Gasteiger charge is -2.57. The van der Waals surface area contributed by atoms with Crippen LogP contribution in [-0.4, -0.2) is 77.9 Å². The molecular weight excluding hydrogens is 464 g/mol. The molecule has 0 aromatic rings. The summed E-state index contributed by atoms with van der Waals surface area (Å²) in [7, 11) is 1.56. The average molecular weight is 505 g/mol. The molecule has 2 aliphatic heterocycles. The lowest BCUT2D eigenvalue weighted by atomic mass is 9.46. The fourth-order valence-electron chi connectivity index (χ4n) is 9.19. The van der Waals surface area contributed by atoms with Crippen molar-refractivity contribution in [3.63, 3.8) is 0 Å². The second-order valence-electron chi connectivity index (χ2n) is 12.7. The summed E-state index contributed by atoms with van der Waals surface area (Å²) < 4.78 is 23.8. The number of carbonyl (C=O) groups is 2. The first kappa shape index (κ1) is 25.1. The normalized spacial score (nSPS) is 56.1. The number of hydrogen-bond acceptors (Lipinski definition) is 8. The van der Waals surface area contributed by atoms with Crippen molar-refractivity contribution >= 4 is 11.6 Å². The molecule has 0 aromatic carbocycles. The molecule has 0 bridgehead atoms. The number of ketones is 2. The Morgan fingerprint density at radius 2 is 1.78 bits per heavy atom. The maximum atomic E-state index is 14.1. The van der Waals surface area contributed by atoms with Gasteiger partial charge in [0.1, 0.15) is 18.0 Å². The van der Waals surface area contributed by atoms with Gasteiger partial charge in [0, 0.05) is 48.5 Å². The van der Waals surface area contributed by atoms with Gasteiger partial charge in [-0.1, -0.05) is 25.5 Å². The summed E-state index contributed by atoms with van der Waals surface area (Å²) >= 11 is 0. The molecule has 8 heteroatoms. The van der Waals surface area contributed by atoms with Gasteiger partial charge in [0.25, 0.3) is 0 Å². The van der Waals surface area contributed by atoms with Crippen molar-refractivity contribution in [3.8, 4) is 0 Å². The van der Waals surface area contributed by atoms with E-state index in [-0.39, 0.29) is 41.3 Å². The molecule has 0 spiro atoms. The van der Waals surface area contributed by atoms with Crippen LogP contribution in [-0.2, 0) is 28.5 Å². The van der Waals surface area contributed by atoms with E-state index in [0.29, 0.717) is 32.1 Å². The first-order chi connectivity index (χ1) is 17.0. The Kier molecular flexibility index (Phi) is 5.88. The highest BCUT2D eigenvalue weighted by atomic mass is 16.7. The molecule has 3 saturated carbocycles. The van der Waals surface area contributed by atoms with Crippen LogP contribution in [0.25, 0.3) is 0 Å². The van der Waals surface area contributed by atoms with Crippen molar-refractivity contribution in [3.05, 3.63) is 11.6 Å². The molecule has 2 saturated heterocycles. The zero-order chi connectivity index (χ0) is 25.7. The topological polar surface area (TPSA) is 112 Å². The first-order valence-electron chi connectivity index (χ1n) is 13.6. The number of methoxy groups -OCH3 is 1. The Hall–Kier alpha value is -1.16. The minimum Gasteiger partial charge on any atom is -0.390 e. The third-order valence-electron chi connectivity index (χ3n) is 11.0. The number of aliphatic hydroxyl groups excluding tert-OH is 2. The first-order valence-corrected chi connectivity index (χ1v) is 13.6. The van der Waals surface area contributed by atoms with Crippen molar-refractivity contribution in [2.75, 3.05) is 7.11 Å². The summed E-state index contributed by atoms with van der Waals surface area (Å²) in [5.41, 5.74) is 0.156. The van der Waals surface area contributed by atoms with E-state index in [1.165, 1.54) is 0 Å². The van der Waals surface area contributed by atoms with Crippen LogP contribution in [0.5, 0.6) is 0 Å². The van der Waals surface area contributed by atoms with E-state index in [2.05, 4.69) is 19.9 Å². The van der Waals surface area contributed by atoms with Crippen LogP contribution in [0.4, 0.5) is 0 Å². The third-order valence-corrected chi connectivity index (χ3v) is 11.0. The molecule has 8 nitrogen and oxygen atoms in total.